The van der Waals surface area contributed by atoms with Crippen LogP contribution in [-0.2, 0) is 4.79 Å². The van der Waals surface area contributed by atoms with Gasteiger partial charge in [0.2, 0.25) is 5.91 Å². The van der Waals surface area contributed by atoms with E-state index in [1.807, 2.05) is 0 Å². The molecule has 2 N–H and O–H groups in total. The van der Waals surface area contributed by atoms with Crippen molar-refractivity contribution in [3.8, 4) is 0 Å². The summed E-state index contributed by atoms with van der Waals surface area (Å²) in [4.78, 5) is 12.1. The zero-order valence-corrected chi connectivity index (χ0v) is 13.1. The lowest BCUT2D eigenvalue weighted by Gasteiger charge is -2.23. The Balaban J connectivity index is 1.68. The van der Waals surface area contributed by atoms with Gasteiger partial charge in [0.25, 0.3) is 0 Å². The van der Waals surface area contributed by atoms with Gasteiger partial charge >= 0.3 is 0 Å². The molecular formula is C17H32N2O. The van der Waals surface area contributed by atoms with Crippen molar-refractivity contribution >= 4 is 5.91 Å². The van der Waals surface area contributed by atoms with Crippen LogP contribution in [0.15, 0.2) is 0 Å². The van der Waals surface area contributed by atoms with E-state index < -0.39 is 0 Å². The molecule has 0 heterocycles. The fourth-order valence-electron chi connectivity index (χ4n) is 3.72. The fraction of sp³-hybridized carbons (Fsp3) is 0.941. The molecule has 0 aromatic carbocycles. The number of hydrogen-bond acceptors (Lipinski definition) is 2. The number of hydrogen-bond donors (Lipinski definition) is 2. The van der Waals surface area contributed by atoms with E-state index >= 15 is 0 Å². The second kappa shape index (κ2) is 8.66. The summed E-state index contributed by atoms with van der Waals surface area (Å²) in [6.07, 6.45) is 14.1. The highest BCUT2D eigenvalue weighted by Crippen LogP contribution is 2.22. The van der Waals surface area contributed by atoms with E-state index in [2.05, 4.69) is 17.6 Å². The summed E-state index contributed by atoms with van der Waals surface area (Å²) < 4.78 is 0. The van der Waals surface area contributed by atoms with Crippen LogP contribution in [0.3, 0.4) is 0 Å². The number of carbonyl (C=O) groups excluding carboxylic acids is 1. The lowest BCUT2D eigenvalue weighted by atomic mass is 9.97. The monoisotopic (exact) mass is 280 g/mol. The van der Waals surface area contributed by atoms with Crippen molar-refractivity contribution in [1.82, 2.24) is 10.6 Å². The predicted octanol–water partition coefficient (Wildman–Crippen LogP) is 3.38. The predicted molar refractivity (Wildman–Crippen MR) is 83.7 cm³/mol. The van der Waals surface area contributed by atoms with Gasteiger partial charge in [-0.3, -0.25) is 4.79 Å². The van der Waals surface area contributed by atoms with Gasteiger partial charge in [0.15, 0.2) is 0 Å². The third-order valence-electron chi connectivity index (χ3n) is 5.11. The summed E-state index contributed by atoms with van der Waals surface area (Å²) in [7, 11) is 0. The first-order valence-electron chi connectivity index (χ1n) is 8.78. The largest absolute Gasteiger partial charge is 0.352 e. The maximum absolute atomic E-state index is 12.1. The van der Waals surface area contributed by atoms with Gasteiger partial charge in [-0.25, -0.2) is 0 Å². The molecule has 0 aliphatic heterocycles. The van der Waals surface area contributed by atoms with Crippen molar-refractivity contribution in [2.75, 3.05) is 6.54 Å². The Bertz CT molecular complexity index is 285. The van der Waals surface area contributed by atoms with Crippen molar-refractivity contribution in [2.45, 2.75) is 89.6 Å². The highest BCUT2D eigenvalue weighted by atomic mass is 16.1. The van der Waals surface area contributed by atoms with E-state index in [0.717, 1.165) is 0 Å². The van der Waals surface area contributed by atoms with Crippen LogP contribution in [0.5, 0.6) is 0 Å². The minimum atomic E-state index is 0.202. The quantitative estimate of drug-likeness (QED) is 0.775. The Kier molecular flexibility index (Phi) is 6.85. The Morgan fingerprint density at radius 1 is 0.900 bits per heavy atom. The molecule has 2 aliphatic rings. The van der Waals surface area contributed by atoms with Crippen LogP contribution in [0.25, 0.3) is 0 Å². The highest BCUT2D eigenvalue weighted by molar-refractivity contribution is 5.78. The fourth-order valence-corrected chi connectivity index (χ4v) is 3.72. The highest BCUT2D eigenvalue weighted by Gasteiger charge is 2.21. The molecule has 2 atom stereocenters. The van der Waals surface area contributed by atoms with Crippen molar-refractivity contribution in [3.05, 3.63) is 0 Å². The van der Waals surface area contributed by atoms with E-state index in [0.29, 0.717) is 24.5 Å². The van der Waals surface area contributed by atoms with E-state index in [1.54, 1.807) is 0 Å². The summed E-state index contributed by atoms with van der Waals surface area (Å²) in [5, 5.41) is 6.73. The molecule has 0 aromatic heterocycles. The Morgan fingerprint density at radius 2 is 1.50 bits per heavy atom. The van der Waals surface area contributed by atoms with Gasteiger partial charge in [-0.2, -0.15) is 0 Å². The van der Waals surface area contributed by atoms with Gasteiger partial charge in [0.1, 0.15) is 0 Å². The Morgan fingerprint density at radius 3 is 2.25 bits per heavy atom. The smallest absolute Gasteiger partial charge is 0.234 e. The lowest BCUT2D eigenvalue weighted by molar-refractivity contribution is -0.121. The second-order valence-electron chi connectivity index (χ2n) is 6.86. The first kappa shape index (κ1) is 15.8. The summed E-state index contributed by atoms with van der Waals surface area (Å²) in [6.45, 7) is 2.83. The van der Waals surface area contributed by atoms with Crippen LogP contribution < -0.4 is 10.6 Å². The van der Waals surface area contributed by atoms with Crippen molar-refractivity contribution in [2.24, 2.45) is 5.92 Å². The third kappa shape index (κ3) is 5.43. The topological polar surface area (TPSA) is 41.1 Å². The van der Waals surface area contributed by atoms with Gasteiger partial charge in [-0.15, -0.1) is 0 Å². The molecule has 3 heteroatoms. The van der Waals surface area contributed by atoms with Crippen LogP contribution >= 0.6 is 0 Å². The Hall–Kier alpha value is -0.570. The minimum absolute atomic E-state index is 0.202. The Labute approximate surface area is 124 Å². The molecule has 20 heavy (non-hydrogen) atoms. The zero-order chi connectivity index (χ0) is 14.2. The number of amides is 1. The third-order valence-corrected chi connectivity index (χ3v) is 5.11. The van der Waals surface area contributed by atoms with Crippen molar-refractivity contribution in [3.63, 3.8) is 0 Å². The SMILES string of the molecule is CC1CCCCCC1NCC(=O)NC1CCCCCC1. The molecule has 0 saturated heterocycles. The molecule has 0 aromatic rings. The van der Waals surface area contributed by atoms with E-state index in [1.165, 1.54) is 70.6 Å². The molecule has 2 aliphatic carbocycles. The lowest BCUT2D eigenvalue weighted by Crippen LogP contribution is -2.44. The minimum Gasteiger partial charge on any atom is -0.352 e. The summed E-state index contributed by atoms with van der Waals surface area (Å²) in [6, 6.07) is 0.968. The standard InChI is InChI=1S/C17H32N2O/c1-14-9-5-4-8-12-16(14)18-13-17(20)19-15-10-6-2-3-7-11-15/h14-16,18H,2-13H2,1H3,(H,19,20). The average Bonchev–Trinajstić information content (AvgIpc) is 2.80. The maximum Gasteiger partial charge on any atom is 0.234 e. The molecular weight excluding hydrogens is 248 g/mol. The van der Waals surface area contributed by atoms with Crippen LogP contribution in [-0.4, -0.2) is 24.5 Å². The van der Waals surface area contributed by atoms with E-state index in [-0.39, 0.29) is 5.91 Å². The second-order valence-corrected chi connectivity index (χ2v) is 6.86. The van der Waals surface area contributed by atoms with Crippen LogP contribution in [0, 0.1) is 5.92 Å². The van der Waals surface area contributed by atoms with Crippen molar-refractivity contribution in [1.29, 1.82) is 0 Å². The molecule has 116 valence electrons. The first-order valence-corrected chi connectivity index (χ1v) is 8.78. The molecule has 0 spiro atoms. The molecule has 2 fully saturated rings. The molecule has 1 amide bonds. The van der Waals surface area contributed by atoms with Crippen molar-refractivity contribution < 1.29 is 4.79 Å². The van der Waals surface area contributed by atoms with Gasteiger partial charge in [0, 0.05) is 12.1 Å². The van der Waals surface area contributed by atoms with E-state index in [9.17, 15) is 4.79 Å². The van der Waals surface area contributed by atoms with Crippen LogP contribution in [0.2, 0.25) is 0 Å². The maximum atomic E-state index is 12.1. The van der Waals surface area contributed by atoms with Gasteiger partial charge in [0.05, 0.1) is 6.54 Å². The molecule has 2 rings (SSSR count). The summed E-state index contributed by atoms with van der Waals surface area (Å²) in [5.74, 6) is 0.913. The normalized spacial score (nSPS) is 29.4. The summed E-state index contributed by atoms with van der Waals surface area (Å²) in [5.41, 5.74) is 0. The number of nitrogens with one attached hydrogen (secondary N) is 2. The molecule has 2 unspecified atom stereocenters. The first-order chi connectivity index (χ1) is 9.75. The zero-order valence-electron chi connectivity index (χ0n) is 13.1. The van der Waals surface area contributed by atoms with E-state index in [4.69, 9.17) is 0 Å². The molecule has 2 saturated carbocycles. The molecule has 0 bridgehead atoms. The van der Waals surface area contributed by atoms with Crippen LogP contribution in [0.4, 0.5) is 0 Å². The van der Waals surface area contributed by atoms with Gasteiger partial charge < -0.3 is 10.6 Å². The summed E-state index contributed by atoms with van der Waals surface area (Å²) >= 11 is 0. The number of carbonyl (C=O) groups is 1. The number of rotatable bonds is 4. The average molecular weight is 280 g/mol. The van der Waals surface area contributed by atoms with Gasteiger partial charge in [-0.05, 0) is 31.6 Å². The molecule has 3 nitrogen and oxygen atoms in total. The van der Waals surface area contributed by atoms with Crippen LogP contribution in [0.1, 0.15) is 77.6 Å². The molecule has 0 radical (unpaired) electrons. The van der Waals surface area contributed by atoms with Gasteiger partial charge in [-0.1, -0.05) is 51.9 Å².